The molecule has 0 heterocycles. The molecule has 0 saturated carbocycles. The Labute approximate surface area is 142 Å². The fraction of sp³-hybridized carbons (Fsp3) is 0.471. The Kier molecular flexibility index (Phi) is 6.76. The van der Waals surface area contributed by atoms with Crippen LogP contribution in [0.2, 0.25) is 10.0 Å². The van der Waals surface area contributed by atoms with Gasteiger partial charge in [-0.25, -0.2) is 4.79 Å². The van der Waals surface area contributed by atoms with E-state index in [-0.39, 0.29) is 12.1 Å². The first kappa shape index (κ1) is 18.9. The Morgan fingerprint density at radius 1 is 1.32 bits per heavy atom. The number of carbonyl (C=O) groups is 1. The molecular formula is C17H23Cl2NO2. The number of nitrogens with zero attached hydrogens (tertiary/aromatic N) is 1. The zero-order chi connectivity index (χ0) is 16.9. The summed E-state index contributed by atoms with van der Waals surface area (Å²) >= 11 is 11.9. The molecule has 0 bridgehead atoms. The zero-order valence-electron chi connectivity index (χ0n) is 13.7. The monoisotopic (exact) mass is 343 g/mol. The molecule has 0 N–H and O–H groups in total. The number of carbonyl (C=O) groups excluding carboxylic acids is 1. The first-order valence-corrected chi connectivity index (χ1v) is 7.93. The number of ether oxygens (including phenoxy) is 1. The molecule has 1 unspecified atom stereocenters. The van der Waals surface area contributed by atoms with Crippen LogP contribution in [0.5, 0.6) is 0 Å². The lowest BCUT2D eigenvalue weighted by Crippen LogP contribution is -2.39. The van der Waals surface area contributed by atoms with Crippen LogP contribution >= 0.6 is 23.2 Å². The molecule has 5 heteroatoms. The van der Waals surface area contributed by atoms with Gasteiger partial charge in [0.25, 0.3) is 0 Å². The smallest absolute Gasteiger partial charge is 0.410 e. The van der Waals surface area contributed by atoms with E-state index in [2.05, 4.69) is 0 Å². The van der Waals surface area contributed by atoms with Crippen LogP contribution in [0.1, 0.15) is 39.7 Å². The van der Waals surface area contributed by atoms with Gasteiger partial charge in [-0.3, -0.25) is 0 Å². The van der Waals surface area contributed by atoms with Gasteiger partial charge in [-0.05, 0) is 51.8 Å². The standard InChI is InChI=1S/C17H23Cl2NO2/c1-12(20(5)16(21)22-17(2,3)4)7-6-8-13-9-10-14(18)15(19)11-13/h6,8-12H,7H2,1-5H3. The Morgan fingerprint density at radius 2 is 1.95 bits per heavy atom. The molecular weight excluding hydrogens is 321 g/mol. The van der Waals surface area contributed by atoms with Crippen LogP contribution in [-0.2, 0) is 4.74 Å². The highest BCUT2D eigenvalue weighted by Crippen LogP contribution is 2.23. The molecule has 0 spiro atoms. The minimum Gasteiger partial charge on any atom is -0.444 e. The maximum Gasteiger partial charge on any atom is 0.410 e. The average Bonchev–Trinajstić information content (AvgIpc) is 2.39. The summed E-state index contributed by atoms with van der Waals surface area (Å²) in [5.74, 6) is 0. The molecule has 22 heavy (non-hydrogen) atoms. The zero-order valence-corrected chi connectivity index (χ0v) is 15.2. The molecule has 1 aromatic rings. The van der Waals surface area contributed by atoms with Crippen molar-refractivity contribution < 1.29 is 9.53 Å². The van der Waals surface area contributed by atoms with Crippen LogP contribution < -0.4 is 0 Å². The van der Waals surface area contributed by atoms with Gasteiger partial charge in [0.2, 0.25) is 0 Å². The second-order valence-electron chi connectivity index (χ2n) is 6.25. The van der Waals surface area contributed by atoms with E-state index in [9.17, 15) is 4.79 Å². The van der Waals surface area contributed by atoms with Gasteiger partial charge in [0.1, 0.15) is 5.60 Å². The van der Waals surface area contributed by atoms with Crippen LogP contribution in [0.4, 0.5) is 4.79 Å². The third-order valence-corrected chi connectivity index (χ3v) is 3.81. The van der Waals surface area contributed by atoms with Crippen molar-refractivity contribution in [1.29, 1.82) is 0 Å². The lowest BCUT2D eigenvalue weighted by Gasteiger charge is -2.28. The maximum atomic E-state index is 12.0. The van der Waals surface area contributed by atoms with Gasteiger partial charge in [0.05, 0.1) is 10.0 Å². The first-order valence-electron chi connectivity index (χ1n) is 7.17. The molecule has 122 valence electrons. The molecule has 0 aliphatic rings. The highest BCUT2D eigenvalue weighted by Gasteiger charge is 2.22. The summed E-state index contributed by atoms with van der Waals surface area (Å²) in [5, 5.41) is 1.07. The molecule has 1 atom stereocenters. The SMILES string of the molecule is CC(CC=Cc1ccc(Cl)c(Cl)c1)N(C)C(=O)OC(C)(C)C. The summed E-state index contributed by atoms with van der Waals surface area (Å²) in [5.41, 5.74) is 0.488. The number of rotatable bonds is 4. The second kappa shape index (κ2) is 7.89. The van der Waals surface area contributed by atoms with E-state index in [0.29, 0.717) is 10.0 Å². The number of benzene rings is 1. The minimum atomic E-state index is -0.485. The van der Waals surface area contributed by atoms with Crippen molar-refractivity contribution in [1.82, 2.24) is 4.90 Å². The predicted molar refractivity (Wildman–Crippen MR) is 93.6 cm³/mol. The quantitative estimate of drug-likeness (QED) is 0.706. The largest absolute Gasteiger partial charge is 0.444 e. The normalized spacial score (nSPS) is 13.2. The van der Waals surface area contributed by atoms with Gasteiger partial charge in [-0.15, -0.1) is 0 Å². The van der Waals surface area contributed by atoms with Crippen LogP contribution in [0.15, 0.2) is 24.3 Å². The summed E-state index contributed by atoms with van der Waals surface area (Å²) in [4.78, 5) is 13.6. The third-order valence-electron chi connectivity index (χ3n) is 3.07. The van der Waals surface area contributed by atoms with Crippen molar-refractivity contribution in [3.63, 3.8) is 0 Å². The topological polar surface area (TPSA) is 29.5 Å². The Hall–Kier alpha value is -1.19. The maximum absolute atomic E-state index is 12.0. The van der Waals surface area contributed by atoms with E-state index in [0.717, 1.165) is 12.0 Å². The summed E-state index contributed by atoms with van der Waals surface area (Å²) in [6.07, 6.45) is 4.37. The Bertz CT molecular complexity index is 550. The van der Waals surface area contributed by atoms with E-state index in [1.165, 1.54) is 0 Å². The Balaban J connectivity index is 2.57. The molecule has 0 aliphatic heterocycles. The number of hydrogen-bond donors (Lipinski definition) is 0. The molecule has 0 aliphatic carbocycles. The van der Waals surface area contributed by atoms with Gasteiger partial charge < -0.3 is 9.64 Å². The first-order chi connectivity index (χ1) is 10.1. The van der Waals surface area contributed by atoms with E-state index in [4.69, 9.17) is 27.9 Å². The molecule has 0 aromatic heterocycles. The second-order valence-corrected chi connectivity index (χ2v) is 7.07. The predicted octanol–water partition coefficient (Wildman–Crippen LogP) is 5.65. The van der Waals surface area contributed by atoms with E-state index in [1.54, 1.807) is 18.0 Å². The van der Waals surface area contributed by atoms with Gasteiger partial charge in [-0.2, -0.15) is 0 Å². The lowest BCUT2D eigenvalue weighted by atomic mass is 10.1. The minimum absolute atomic E-state index is 0.0360. The Morgan fingerprint density at radius 3 is 2.50 bits per heavy atom. The van der Waals surface area contributed by atoms with Crippen molar-refractivity contribution in [2.45, 2.75) is 45.8 Å². The molecule has 3 nitrogen and oxygen atoms in total. The molecule has 1 aromatic carbocycles. The van der Waals surface area contributed by atoms with E-state index < -0.39 is 5.60 Å². The summed E-state index contributed by atoms with van der Waals surface area (Å²) in [6.45, 7) is 7.54. The molecule has 0 saturated heterocycles. The third kappa shape index (κ3) is 6.29. The summed E-state index contributed by atoms with van der Waals surface area (Å²) in [7, 11) is 1.74. The number of halogens is 2. The van der Waals surface area contributed by atoms with E-state index >= 15 is 0 Å². The van der Waals surface area contributed by atoms with Crippen molar-refractivity contribution in [2.24, 2.45) is 0 Å². The van der Waals surface area contributed by atoms with Gasteiger partial charge >= 0.3 is 6.09 Å². The average molecular weight is 344 g/mol. The van der Waals surface area contributed by atoms with Crippen molar-refractivity contribution in [3.8, 4) is 0 Å². The lowest BCUT2D eigenvalue weighted by molar-refractivity contribution is 0.0238. The highest BCUT2D eigenvalue weighted by molar-refractivity contribution is 6.42. The van der Waals surface area contributed by atoms with Crippen molar-refractivity contribution >= 4 is 35.4 Å². The fourth-order valence-corrected chi connectivity index (χ4v) is 2.00. The molecule has 1 amide bonds. The van der Waals surface area contributed by atoms with Crippen LogP contribution in [0.3, 0.4) is 0 Å². The van der Waals surface area contributed by atoms with Crippen LogP contribution in [0.25, 0.3) is 6.08 Å². The number of amides is 1. The highest BCUT2D eigenvalue weighted by atomic mass is 35.5. The van der Waals surface area contributed by atoms with E-state index in [1.807, 2.05) is 52.0 Å². The summed E-state index contributed by atoms with van der Waals surface area (Å²) < 4.78 is 5.34. The molecule has 0 radical (unpaired) electrons. The van der Waals surface area contributed by atoms with Crippen molar-refractivity contribution in [3.05, 3.63) is 39.9 Å². The molecule has 1 rings (SSSR count). The van der Waals surface area contributed by atoms with Crippen LogP contribution in [-0.4, -0.2) is 29.7 Å². The summed E-state index contributed by atoms with van der Waals surface area (Å²) in [6, 6.07) is 5.50. The van der Waals surface area contributed by atoms with Gasteiger partial charge in [-0.1, -0.05) is 41.4 Å². The number of hydrogen-bond acceptors (Lipinski definition) is 2. The fourth-order valence-electron chi connectivity index (χ4n) is 1.69. The van der Waals surface area contributed by atoms with Gasteiger partial charge in [0, 0.05) is 13.1 Å². The molecule has 0 fully saturated rings. The van der Waals surface area contributed by atoms with Crippen LogP contribution in [0, 0.1) is 0 Å². The van der Waals surface area contributed by atoms with Gasteiger partial charge in [0.15, 0.2) is 0 Å². The van der Waals surface area contributed by atoms with Crippen molar-refractivity contribution in [2.75, 3.05) is 7.05 Å².